The highest BCUT2D eigenvalue weighted by atomic mass is 32.2. The summed E-state index contributed by atoms with van der Waals surface area (Å²) < 4.78 is 31.5. The van der Waals surface area contributed by atoms with Crippen LogP contribution in [0.5, 0.6) is 5.75 Å². The lowest BCUT2D eigenvalue weighted by atomic mass is 10.1. The summed E-state index contributed by atoms with van der Waals surface area (Å²) in [4.78, 5) is 16.7. The summed E-state index contributed by atoms with van der Waals surface area (Å²) in [6.07, 6.45) is 4.56. The predicted octanol–water partition coefficient (Wildman–Crippen LogP) is 3.61. The van der Waals surface area contributed by atoms with E-state index in [1.807, 2.05) is 62.4 Å². The van der Waals surface area contributed by atoms with Gasteiger partial charge in [0.15, 0.2) is 0 Å². The third kappa shape index (κ3) is 6.31. The van der Waals surface area contributed by atoms with Crippen molar-refractivity contribution in [2.75, 3.05) is 17.1 Å². The predicted molar refractivity (Wildman–Crippen MR) is 125 cm³/mol. The molecule has 1 N–H and O–H groups in total. The largest absolute Gasteiger partial charge is 0.489 e. The first-order valence-electron chi connectivity index (χ1n) is 10.2. The third-order valence-corrected chi connectivity index (χ3v) is 6.08. The minimum absolute atomic E-state index is 0.291. The number of aromatic nitrogens is 1. The average Bonchev–Trinajstić information content (AvgIpc) is 2.77. The maximum Gasteiger partial charge on any atom is 0.241 e. The molecule has 3 aromatic rings. The molecule has 0 radical (unpaired) electrons. The molecule has 32 heavy (non-hydrogen) atoms. The van der Waals surface area contributed by atoms with Gasteiger partial charge < -0.3 is 10.1 Å². The van der Waals surface area contributed by atoms with E-state index in [0.29, 0.717) is 18.0 Å². The molecule has 1 unspecified atom stereocenters. The molecule has 1 heterocycles. The lowest BCUT2D eigenvalue weighted by molar-refractivity contribution is -0.120. The Bertz CT molecular complexity index is 1150. The van der Waals surface area contributed by atoms with Crippen LogP contribution in [-0.2, 0) is 21.4 Å². The lowest BCUT2D eigenvalue weighted by Crippen LogP contribution is -2.41. The molecule has 0 spiro atoms. The molecular weight excluding hydrogens is 426 g/mol. The number of nitrogens with zero attached hydrogens (tertiary/aromatic N) is 2. The zero-order valence-electron chi connectivity index (χ0n) is 18.4. The number of para-hydroxylation sites is 1. The van der Waals surface area contributed by atoms with Crippen molar-refractivity contribution in [1.29, 1.82) is 0 Å². The summed E-state index contributed by atoms with van der Waals surface area (Å²) in [6.45, 7) is 3.79. The highest BCUT2D eigenvalue weighted by Crippen LogP contribution is 2.22. The van der Waals surface area contributed by atoms with Crippen molar-refractivity contribution < 1.29 is 17.9 Å². The normalized spacial score (nSPS) is 12.1. The van der Waals surface area contributed by atoms with Gasteiger partial charge >= 0.3 is 0 Å². The van der Waals surface area contributed by atoms with Crippen molar-refractivity contribution in [3.8, 4) is 5.75 Å². The molecule has 1 atom stereocenters. The van der Waals surface area contributed by atoms with Crippen molar-refractivity contribution in [3.63, 3.8) is 0 Å². The summed E-state index contributed by atoms with van der Waals surface area (Å²) in [7, 11) is -3.62. The first kappa shape index (κ1) is 23.3. The average molecular weight is 454 g/mol. The van der Waals surface area contributed by atoms with Gasteiger partial charge in [0, 0.05) is 18.0 Å². The summed E-state index contributed by atoms with van der Waals surface area (Å²) in [5.74, 6) is 0.321. The van der Waals surface area contributed by atoms with Gasteiger partial charge in [-0.2, -0.15) is 0 Å². The van der Waals surface area contributed by atoms with E-state index in [-0.39, 0.29) is 18.5 Å². The van der Waals surface area contributed by atoms with Gasteiger partial charge in [0.2, 0.25) is 15.9 Å². The van der Waals surface area contributed by atoms with Crippen LogP contribution in [0.1, 0.15) is 29.7 Å². The first-order chi connectivity index (χ1) is 15.2. The minimum Gasteiger partial charge on any atom is -0.489 e. The van der Waals surface area contributed by atoms with Crippen LogP contribution in [0.3, 0.4) is 0 Å². The molecule has 7 nitrogen and oxygen atoms in total. The number of rotatable bonds is 9. The zero-order valence-corrected chi connectivity index (χ0v) is 19.2. The minimum atomic E-state index is -3.62. The van der Waals surface area contributed by atoms with Gasteiger partial charge in [0.05, 0.1) is 18.0 Å². The standard InChI is InChI=1S/C24H27N3O4S/c1-18-7-4-5-9-23(18)27(32(3,29)30)16-24(28)26-19(2)21-10-12-22(13-11-21)31-17-20-8-6-14-25-15-20/h4-15,19H,16-17H2,1-3H3,(H,26,28). The number of benzene rings is 2. The number of nitrogens with one attached hydrogen (secondary N) is 1. The molecule has 1 amide bonds. The molecule has 0 aliphatic heterocycles. The van der Waals surface area contributed by atoms with Crippen molar-refractivity contribution in [1.82, 2.24) is 10.3 Å². The van der Waals surface area contributed by atoms with E-state index in [2.05, 4.69) is 10.3 Å². The molecule has 0 bridgehead atoms. The number of carbonyl (C=O) groups excluding carboxylic acids is 1. The fourth-order valence-electron chi connectivity index (χ4n) is 3.23. The van der Waals surface area contributed by atoms with Crippen molar-refractivity contribution in [2.45, 2.75) is 26.5 Å². The van der Waals surface area contributed by atoms with Crippen LogP contribution in [-0.4, -0.2) is 32.1 Å². The quantitative estimate of drug-likeness (QED) is 0.535. The topological polar surface area (TPSA) is 88.6 Å². The van der Waals surface area contributed by atoms with E-state index in [0.717, 1.165) is 27.3 Å². The Morgan fingerprint density at radius 3 is 2.44 bits per heavy atom. The van der Waals surface area contributed by atoms with E-state index in [1.54, 1.807) is 24.5 Å². The van der Waals surface area contributed by atoms with Crippen LogP contribution in [0.2, 0.25) is 0 Å². The number of carbonyl (C=O) groups is 1. The molecular formula is C24H27N3O4S. The van der Waals surface area contributed by atoms with E-state index in [9.17, 15) is 13.2 Å². The smallest absolute Gasteiger partial charge is 0.241 e. The Hall–Kier alpha value is -3.39. The SMILES string of the molecule is Cc1ccccc1N(CC(=O)NC(C)c1ccc(OCc2cccnc2)cc1)S(C)(=O)=O. The molecule has 1 aromatic heterocycles. The number of aryl methyl sites for hydroxylation is 1. The van der Waals surface area contributed by atoms with E-state index in [1.165, 1.54) is 0 Å². The zero-order chi connectivity index (χ0) is 23.1. The second kappa shape index (κ2) is 10.3. The summed E-state index contributed by atoms with van der Waals surface area (Å²) >= 11 is 0. The Labute approximate surface area is 189 Å². The van der Waals surface area contributed by atoms with Crippen LogP contribution < -0.4 is 14.4 Å². The Kier molecular flexibility index (Phi) is 7.48. The van der Waals surface area contributed by atoms with Crippen LogP contribution in [0.4, 0.5) is 5.69 Å². The molecule has 0 saturated carbocycles. The summed E-state index contributed by atoms with van der Waals surface area (Å²) in [6, 6.07) is 18.0. The van der Waals surface area contributed by atoms with Gasteiger partial charge in [0.1, 0.15) is 18.9 Å². The van der Waals surface area contributed by atoms with Crippen LogP contribution in [0.25, 0.3) is 0 Å². The monoisotopic (exact) mass is 453 g/mol. The van der Waals surface area contributed by atoms with Gasteiger partial charge in [-0.25, -0.2) is 8.42 Å². The molecule has 0 aliphatic rings. The molecule has 168 valence electrons. The van der Waals surface area contributed by atoms with Crippen LogP contribution >= 0.6 is 0 Å². The number of amides is 1. The Morgan fingerprint density at radius 1 is 1.09 bits per heavy atom. The van der Waals surface area contributed by atoms with Crippen molar-refractivity contribution in [3.05, 3.63) is 89.7 Å². The molecule has 0 fully saturated rings. The van der Waals surface area contributed by atoms with E-state index < -0.39 is 10.0 Å². The molecule has 2 aromatic carbocycles. The molecule has 8 heteroatoms. The van der Waals surface area contributed by atoms with Crippen molar-refractivity contribution in [2.24, 2.45) is 0 Å². The maximum atomic E-state index is 12.6. The van der Waals surface area contributed by atoms with Crippen molar-refractivity contribution >= 4 is 21.6 Å². The number of anilines is 1. The number of ether oxygens (including phenoxy) is 1. The Balaban J connectivity index is 1.61. The number of sulfonamides is 1. The fourth-order valence-corrected chi connectivity index (χ4v) is 4.14. The number of hydrogen-bond donors (Lipinski definition) is 1. The number of pyridine rings is 1. The number of hydrogen-bond acceptors (Lipinski definition) is 5. The van der Waals surface area contributed by atoms with Crippen LogP contribution in [0.15, 0.2) is 73.1 Å². The summed E-state index contributed by atoms with van der Waals surface area (Å²) in [5, 5.41) is 2.87. The van der Waals surface area contributed by atoms with E-state index in [4.69, 9.17) is 4.74 Å². The van der Waals surface area contributed by atoms with Gasteiger partial charge in [-0.05, 0) is 49.2 Å². The van der Waals surface area contributed by atoms with Gasteiger partial charge in [0.25, 0.3) is 0 Å². The molecule has 0 saturated heterocycles. The molecule has 0 aliphatic carbocycles. The van der Waals surface area contributed by atoms with Gasteiger partial charge in [-0.3, -0.25) is 14.1 Å². The highest BCUT2D eigenvalue weighted by molar-refractivity contribution is 7.92. The van der Waals surface area contributed by atoms with Gasteiger partial charge in [-0.15, -0.1) is 0 Å². The highest BCUT2D eigenvalue weighted by Gasteiger charge is 2.23. The maximum absolute atomic E-state index is 12.6. The Morgan fingerprint density at radius 2 is 1.81 bits per heavy atom. The van der Waals surface area contributed by atoms with E-state index >= 15 is 0 Å². The second-order valence-electron chi connectivity index (χ2n) is 7.56. The van der Waals surface area contributed by atoms with Gasteiger partial charge in [-0.1, -0.05) is 36.4 Å². The second-order valence-corrected chi connectivity index (χ2v) is 9.47. The lowest BCUT2D eigenvalue weighted by Gasteiger charge is -2.24. The first-order valence-corrected chi connectivity index (χ1v) is 12.0. The molecule has 3 rings (SSSR count). The third-order valence-electron chi connectivity index (χ3n) is 4.96. The summed E-state index contributed by atoms with van der Waals surface area (Å²) in [5.41, 5.74) is 3.13. The van der Waals surface area contributed by atoms with Crippen LogP contribution in [0, 0.1) is 6.92 Å². The fraction of sp³-hybridized carbons (Fsp3) is 0.250.